The van der Waals surface area contributed by atoms with Gasteiger partial charge < -0.3 is 0 Å². The smallest absolute Gasteiger partial charge is 0.153 e. The summed E-state index contributed by atoms with van der Waals surface area (Å²) in [6, 6.07) is 9.85. The van der Waals surface area contributed by atoms with E-state index >= 15 is 0 Å². The van der Waals surface area contributed by atoms with Crippen molar-refractivity contribution in [2.24, 2.45) is 0 Å². The molecule has 3 rings (SSSR count). The van der Waals surface area contributed by atoms with Crippen molar-refractivity contribution in [3.05, 3.63) is 71.9 Å². The Labute approximate surface area is 120 Å². The number of nitrogens with zero attached hydrogens (tertiary/aromatic N) is 3. The van der Waals surface area contributed by atoms with Crippen LogP contribution in [-0.4, -0.2) is 21.1 Å². The zero-order chi connectivity index (χ0) is 14.7. The molecule has 0 fully saturated rings. The highest BCUT2D eigenvalue weighted by Gasteiger charge is 2.11. The molecule has 0 aliphatic rings. The highest BCUT2D eigenvalue weighted by molar-refractivity contribution is 5.85. The van der Waals surface area contributed by atoms with E-state index in [0.29, 0.717) is 17.8 Å². The minimum atomic E-state index is -0.274. The first-order valence-electron chi connectivity index (χ1n) is 6.44. The minimum absolute atomic E-state index is 0.274. The van der Waals surface area contributed by atoms with Crippen molar-refractivity contribution < 1.29 is 9.18 Å². The lowest BCUT2D eigenvalue weighted by Gasteiger charge is -2.01. The summed E-state index contributed by atoms with van der Waals surface area (Å²) in [5.41, 5.74) is 2.80. The Hall–Kier alpha value is -2.82. The average molecular weight is 281 g/mol. The van der Waals surface area contributed by atoms with Gasteiger partial charge in [-0.2, -0.15) is 5.10 Å². The molecular formula is C16H12FN3O. The Balaban J connectivity index is 1.92. The fraction of sp³-hybridized carbons (Fsp3) is 0.0625. The lowest BCUT2D eigenvalue weighted by Crippen LogP contribution is -2.00. The van der Waals surface area contributed by atoms with Crippen molar-refractivity contribution in [3.63, 3.8) is 0 Å². The molecule has 0 N–H and O–H groups in total. The Morgan fingerprint density at radius 3 is 2.67 bits per heavy atom. The Morgan fingerprint density at radius 1 is 1.19 bits per heavy atom. The fourth-order valence-electron chi connectivity index (χ4n) is 2.11. The first-order chi connectivity index (χ1) is 10.3. The molecule has 2 aromatic heterocycles. The molecule has 0 radical (unpaired) electrons. The van der Waals surface area contributed by atoms with Gasteiger partial charge in [-0.05, 0) is 29.8 Å². The summed E-state index contributed by atoms with van der Waals surface area (Å²) in [6.45, 7) is 0.474. The predicted molar refractivity (Wildman–Crippen MR) is 76.3 cm³/mol. The summed E-state index contributed by atoms with van der Waals surface area (Å²) in [4.78, 5) is 15.2. The van der Waals surface area contributed by atoms with Crippen LogP contribution in [0.25, 0.3) is 11.3 Å². The predicted octanol–water partition coefficient (Wildman–Crippen LogP) is 2.95. The molecule has 0 amide bonds. The standard InChI is InChI=1S/C16H12FN3O/c17-15-5-3-12(4-6-15)9-20-10-14(11-21)16(19-20)13-2-1-7-18-8-13/h1-8,10-11H,9H2. The summed E-state index contributed by atoms with van der Waals surface area (Å²) in [5, 5.41) is 4.42. The molecular weight excluding hydrogens is 269 g/mol. The van der Waals surface area contributed by atoms with Crippen LogP contribution in [0.4, 0.5) is 4.39 Å². The fourth-order valence-corrected chi connectivity index (χ4v) is 2.11. The third-order valence-corrected chi connectivity index (χ3v) is 3.11. The molecule has 104 valence electrons. The van der Waals surface area contributed by atoms with Gasteiger partial charge in [0, 0.05) is 24.2 Å². The van der Waals surface area contributed by atoms with Gasteiger partial charge in [0.25, 0.3) is 0 Å². The second-order valence-electron chi connectivity index (χ2n) is 4.62. The van der Waals surface area contributed by atoms with E-state index in [1.807, 2.05) is 6.07 Å². The first kappa shape index (κ1) is 13.2. The van der Waals surface area contributed by atoms with E-state index in [1.54, 1.807) is 41.5 Å². The van der Waals surface area contributed by atoms with E-state index in [2.05, 4.69) is 10.1 Å². The molecule has 2 heterocycles. The number of aromatic nitrogens is 3. The summed E-state index contributed by atoms with van der Waals surface area (Å²) in [6.07, 6.45) is 5.78. The molecule has 21 heavy (non-hydrogen) atoms. The maximum Gasteiger partial charge on any atom is 0.153 e. The van der Waals surface area contributed by atoms with E-state index in [4.69, 9.17) is 0 Å². The highest BCUT2D eigenvalue weighted by Crippen LogP contribution is 2.20. The third kappa shape index (κ3) is 2.86. The first-order valence-corrected chi connectivity index (χ1v) is 6.44. The van der Waals surface area contributed by atoms with Crippen LogP contribution in [0.5, 0.6) is 0 Å². The van der Waals surface area contributed by atoms with E-state index in [1.165, 1.54) is 12.1 Å². The van der Waals surface area contributed by atoms with Gasteiger partial charge in [0.15, 0.2) is 6.29 Å². The van der Waals surface area contributed by atoms with Crippen molar-refractivity contribution in [1.29, 1.82) is 0 Å². The van der Waals surface area contributed by atoms with Crippen LogP contribution < -0.4 is 0 Å². The van der Waals surface area contributed by atoms with E-state index in [0.717, 1.165) is 17.4 Å². The van der Waals surface area contributed by atoms with E-state index < -0.39 is 0 Å². The van der Waals surface area contributed by atoms with Gasteiger partial charge in [0.1, 0.15) is 11.5 Å². The lowest BCUT2D eigenvalue weighted by molar-refractivity contribution is 0.112. The van der Waals surface area contributed by atoms with Gasteiger partial charge in [-0.3, -0.25) is 14.5 Å². The van der Waals surface area contributed by atoms with E-state index in [9.17, 15) is 9.18 Å². The minimum Gasteiger partial charge on any atom is -0.298 e. The Kier molecular flexibility index (Phi) is 3.55. The average Bonchev–Trinajstić information content (AvgIpc) is 2.93. The second-order valence-corrected chi connectivity index (χ2v) is 4.62. The maximum absolute atomic E-state index is 12.9. The van der Waals surface area contributed by atoms with Crippen LogP contribution >= 0.6 is 0 Å². The Morgan fingerprint density at radius 2 is 2.00 bits per heavy atom. The molecule has 0 spiro atoms. The number of pyridine rings is 1. The zero-order valence-corrected chi connectivity index (χ0v) is 11.1. The van der Waals surface area contributed by atoms with Gasteiger partial charge in [0.05, 0.1) is 12.1 Å². The van der Waals surface area contributed by atoms with Crippen LogP contribution in [0.15, 0.2) is 55.0 Å². The molecule has 0 saturated heterocycles. The number of carbonyl (C=O) groups is 1. The van der Waals surface area contributed by atoms with Gasteiger partial charge in [0.2, 0.25) is 0 Å². The lowest BCUT2D eigenvalue weighted by atomic mass is 10.1. The van der Waals surface area contributed by atoms with Crippen molar-refractivity contribution in [2.45, 2.75) is 6.54 Å². The van der Waals surface area contributed by atoms with Crippen molar-refractivity contribution in [3.8, 4) is 11.3 Å². The van der Waals surface area contributed by atoms with Gasteiger partial charge >= 0.3 is 0 Å². The normalized spacial score (nSPS) is 10.5. The maximum atomic E-state index is 12.9. The van der Waals surface area contributed by atoms with Crippen LogP contribution in [0.1, 0.15) is 15.9 Å². The highest BCUT2D eigenvalue weighted by atomic mass is 19.1. The second kappa shape index (κ2) is 5.66. The number of rotatable bonds is 4. The van der Waals surface area contributed by atoms with Gasteiger partial charge in [-0.1, -0.05) is 12.1 Å². The molecule has 1 aromatic carbocycles. The van der Waals surface area contributed by atoms with Crippen molar-refractivity contribution >= 4 is 6.29 Å². The molecule has 5 heteroatoms. The van der Waals surface area contributed by atoms with Crippen molar-refractivity contribution in [2.75, 3.05) is 0 Å². The van der Waals surface area contributed by atoms with Crippen LogP contribution in [0, 0.1) is 5.82 Å². The summed E-state index contributed by atoms with van der Waals surface area (Å²) in [5.74, 6) is -0.274. The molecule has 0 aliphatic carbocycles. The third-order valence-electron chi connectivity index (χ3n) is 3.11. The number of carbonyl (C=O) groups excluding carboxylic acids is 1. The number of hydrogen-bond donors (Lipinski definition) is 0. The molecule has 0 saturated carbocycles. The number of benzene rings is 1. The van der Waals surface area contributed by atoms with E-state index in [-0.39, 0.29) is 5.82 Å². The van der Waals surface area contributed by atoms with Crippen LogP contribution in [-0.2, 0) is 6.54 Å². The number of halogens is 1. The Bertz CT molecular complexity index is 751. The van der Waals surface area contributed by atoms with Crippen molar-refractivity contribution in [1.82, 2.24) is 14.8 Å². The topological polar surface area (TPSA) is 47.8 Å². The SMILES string of the molecule is O=Cc1cn(Cc2ccc(F)cc2)nc1-c1cccnc1. The number of aldehydes is 1. The van der Waals surface area contributed by atoms with Crippen LogP contribution in [0.2, 0.25) is 0 Å². The monoisotopic (exact) mass is 281 g/mol. The van der Waals surface area contributed by atoms with Gasteiger partial charge in [-0.25, -0.2) is 4.39 Å². The largest absolute Gasteiger partial charge is 0.298 e. The summed E-state index contributed by atoms with van der Waals surface area (Å²) >= 11 is 0. The molecule has 4 nitrogen and oxygen atoms in total. The molecule has 0 unspecified atom stereocenters. The summed E-state index contributed by atoms with van der Waals surface area (Å²) in [7, 11) is 0. The number of hydrogen-bond acceptors (Lipinski definition) is 3. The van der Waals surface area contributed by atoms with Crippen LogP contribution in [0.3, 0.4) is 0 Å². The zero-order valence-electron chi connectivity index (χ0n) is 11.1. The van der Waals surface area contributed by atoms with Gasteiger partial charge in [-0.15, -0.1) is 0 Å². The quantitative estimate of drug-likeness (QED) is 0.691. The molecule has 3 aromatic rings. The molecule has 0 aliphatic heterocycles. The molecule has 0 atom stereocenters. The molecule has 0 bridgehead atoms. The summed E-state index contributed by atoms with van der Waals surface area (Å²) < 4.78 is 14.6.